The lowest BCUT2D eigenvalue weighted by Crippen LogP contribution is -2.35. The average molecular weight is 270 g/mol. The Balaban J connectivity index is 2.50. The molecule has 0 aliphatic heterocycles. The van der Waals surface area contributed by atoms with Crippen molar-refractivity contribution in [1.82, 2.24) is 4.90 Å². The number of rotatable bonds is 7. The fourth-order valence-electron chi connectivity index (χ4n) is 1.55. The lowest BCUT2D eigenvalue weighted by Gasteiger charge is -2.21. The van der Waals surface area contributed by atoms with Gasteiger partial charge in [0.25, 0.3) is 0 Å². The Kier molecular flexibility index (Phi) is 6.15. The number of thiocarbonyl (C=S) groups is 1. The maximum absolute atomic E-state index is 12.1. The number of carbonyl (C=O) groups excluding carboxylic acids is 1. The third kappa shape index (κ3) is 5.28. The number of hydrogen-bond donors (Lipinski definition) is 1. The fourth-order valence-corrected chi connectivity index (χ4v) is 2.34. The molecule has 17 heavy (non-hydrogen) atoms. The highest BCUT2D eigenvalue weighted by Crippen LogP contribution is 2.11. The van der Waals surface area contributed by atoms with Gasteiger partial charge in [-0.3, -0.25) is 4.79 Å². The summed E-state index contributed by atoms with van der Waals surface area (Å²) in [5.41, 5.74) is 5.47. The van der Waals surface area contributed by atoms with Crippen LogP contribution in [0.5, 0.6) is 0 Å². The molecule has 0 aromatic carbocycles. The zero-order chi connectivity index (χ0) is 12.7. The van der Waals surface area contributed by atoms with E-state index in [0.717, 1.165) is 17.8 Å². The molecule has 1 heterocycles. The number of carbonyl (C=O) groups is 1. The molecule has 0 aliphatic carbocycles. The molecule has 94 valence electrons. The van der Waals surface area contributed by atoms with Crippen LogP contribution in [-0.4, -0.2) is 28.9 Å². The van der Waals surface area contributed by atoms with Gasteiger partial charge in [0.1, 0.15) is 0 Å². The standard InChI is InChI=1S/C12H18N2OS2/c1-2-6-14(7-5-11(13)16)12(15)9-10-4-3-8-17-10/h3-4,8H,2,5-7,9H2,1H3,(H2,13,16). The lowest BCUT2D eigenvalue weighted by molar-refractivity contribution is -0.130. The van der Waals surface area contributed by atoms with Crippen LogP contribution in [0.3, 0.4) is 0 Å². The van der Waals surface area contributed by atoms with Crippen molar-refractivity contribution < 1.29 is 4.79 Å². The summed E-state index contributed by atoms with van der Waals surface area (Å²) >= 11 is 6.46. The van der Waals surface area contributed by atoms with Crippen molar-refractivity contribution in [3.8, 4) is 0 Å². The predicted octanol–water partition coefficient (Wildman–Crippen LogP) is 2.21. The molecule has 0 bridgehead atoms. The maximum atomic E-state index is 12.1. The monoisotopic (exact) mass is 270 g/mol. The van der Waals surface area contributed by atoms with Gasteiger partial charge in [-0.05, 0) is 17.9 Å². The van der Waals surface area contributed by atoms with Gasteiger partial charge >= 0.3 is 0 Å². The van der Waals surface area contributed by atoms with Crippen LogP contribution in [-0.2, 0) is 11.2 Å². The van der Waals surface area contributed by atoms with Gasteiger partial charge in [0.15, 0.2) is 0 Å². The normalized spacial score (nSPS) is 10.2. The molecule has 0 saturated carbocycles. The van der Waals surface area contributed by atoms with Crippen LogP contribution < -0.4 is 5.73 Å². The van der Waals surface area contributed by atoms with Crippen LogP contribution in [0.25, 0.3) is 0 Å². The summed E-state index contributed by atoms with van der Waals surface area (Å²) in [5, 5.41) is 1.99. The smallest absolute Gasteiger partial charge is 0.227 e. The highest BCUT2D eigenvalue weighted by atomic mass is 32.1. The van der Waals surface area contributed by atoms with Crippen LogP contribution in [0.15, 0.2) is 17.5 Å². The number of nitrogens with zero attached hydrogens (tertiary/aromatic N) is 1. The number of amides is 1. The molecule has 0 saturated heterocycles. The van der Waals surface area contributed by atoms with E-state index in [1.165, 1.54) is 0 Å². The Morgan fingerprint density at radius 2 is 2.29 bits per heavy atom. The van der Waals surface area contributed by atoms with Gasteiger partial charge in [-0.2, -0.15) is 0 Å². The molecule has 1 amide bonds. The highest BCUT2D eigenvalue weighted by molar-refractivity contribution is 7.80. The van der Waals surface area contributed by atoms with Gasteiger partial charge in [0, 0.05) is 24.4 Å². The third-order valence-electron chi connectivity index (χ3n) is 2.38. The minimum absolute atomic E-state index is 0.158. The molecule has 5 heteroatoms. The molecule has 1 aromatic rings. The first-order valence-corrected chi connectivity index (χ1v) is 7.00. The molecule has 1 aromatic heterocycles. The molecule has 3 nitrogen and oxygen atoms in total. The number of hydrogen-bond acceptors (Lipinski definition) is 3. The minimum Gasteiger partial charge on any atom is -0.393 e. The van der Waals surface area contributed by atoms with Crippen LogP contribution in [0, 0.1) is 0 Å². The summed E-state index contributed by atoms with van der Waals surface area (Å²) in [6.07, 6.45) is 2.04. The van der Waals surface area contributed by atoms with Crippen molar-refractivity contribution in [2.75, 3.05) is 13.1 Å². The van der Waals surface area contributed by atoms with Gasteiger partial charge in [-0.25, -0.2) is 0 Å². The Morgan fingerprint density at radius 3 is 2.82 bits per heavy atom. The van der Waals surface area contributed by atoms with E-state index in [2.05, 4.69) is 6.92 Å². The zero-order valence-electron chi connectivity index (χ0n) is 10.0. The van der Waals surface area contributed by atoms with Crippen molar-refractivity contribution in [3.05, 3.63) is 22.4 Å². The van der Waals surface area contributed by atoms with Gasteiger partial charge in [0.2, 0.25) is 5.91 Å². The first-order chi connectivity index (χ1) is 8.13. The molecular formula is C12H18N2OS2. The van der Waals surface area contributed by atoms with Crippen molar-refractivity contribution in [1.29, 1.82) is 0 Å². The SMILES string of the molecule is CCCN(CCC(N)=S)C(=O)Cc1cccs1. The lowest BCUT2D eigenvalue weighted by atomic mass is 10.2. The third-order valence-corrected chi connectivity index (χ3v) is 3.46. The summed E-state index contributed by atoms with van der Waals surface area (Å²) in [5.74, 6) is 0.158. The van der Waals surface area contributed by atoms with Gasteiger partial charge < -0.3 is 10.6 Å². The number of nitrogens with two attached hydrogens (primary N) is 1. The van der Waals surface area contributed by atoms with Gasteiger partial charge in [0.05, 0.1) is 11.4 Å². The van der Waals surface area contributed by atoms with E-state index in [0.29, 0.717) is 24.4 Å². The first kappa shape index (κ1) is 14.1. The van der Waals surface area contributed by atoms with Crippen LogP contribution >= 0.6 is 23.6 Å². The first-order valence-electron chi connectivity index (χ1n) is 5.72. The van der Waals surface area contributed by atoms with Crippen molar-refractivity contribution >= 4 is 34.5 Å². The number of thiophene rings is 1. The largest absolute Gasteiger partial charge is 0.393 e. The molecule has 1 rings (SSSR count). The van der Waals surface area contributed by atoms with E-state index in [9.17, 15) is 4.79 Å². The van der Waals surface area contributed by atoms with Gasteiger partial charge in [-0.1, -0.05) is 25.2 Å². The van der Waals surface area contributed by atoms with E-state index in [-0.39, 0.29) is 5.91 Å². The second kappa shape index (κ2) is 7.40. The van der Waals surface area contributed by atoms with E-state index in [1.807, 2.05) is 22.4 Å². The summed E-state index contributed by atoms with van der Waals surface area (Å²) in [6, 6.07) is 3.95. The molecule has 0 unspecified atom stereocenters. The summed E-state index contributed by atoms with van der Waals surface area (Å²) < 4.78 is 0. The minimum atomic E-state index is 0.158. The Labute approximate surface area is 112 Å². The predicted molar refractivity (Wildman–Crippen MR) is 76.3 cm³/mol. The average Bonchev–Trinajstić information content (AvgIpc) is 2.76. The highest BCUT2D eigenvalue weighted by Gasteiger charge is 2.13. The molecule has 0 spiro atoms. The van der Waals surface area contributed by atoms with Crippen molar-refractivity contribution in [3.63, 3.8) is 0 Å². The van der Waals surface area contributed by atoms with Gasteiger partial charge in [-0.15, -0.1) is 11.3 Å². The van der Waals surface area contributed by atoms with E-state index in [1.54, 1.807) is 11.3 Å². The van der Waals surface area contributed by atoms with E-state index >= 15 is 0 Å². The van der Waals surface area contributed by atoms with E-state index < -0.39 is 0 Å². The Bertz CT molecular complexity index is 363. The second-order valence-electron chi connectivity index (χ2n) is 3.85. The molecule has 0 fully saturated rings. The Hall–Kier alpha value is -0.940. The topological polar surface area (TPSA) is 46.3 Å². The molecule has 0 radical (unpaired) electrons. The second-order valence-corrected chi connectivity index (χ2v) is 5.41. The summed E-state index contributed by atoms with van der Waals surface area (Å²) in [6.45, 7) is 3.46. The summed E-state index contributed by atoms with van der Waals surface area (Å²) in [4.78, 5) is 15.5. The zero-order valence-corrected chi connectivity index (χ0v) is 11.6. The van der Waals surface area contributed by atoms with Crippen molar-refractivity contribution in [2.24, 2.45) is 5.73 Å². The van der Waals surface area contributed by atoms with E-state index in [4.69, 9.17) is 18.0 Å². The van der Waals surface area contributed by atoms with Crippen LogP contribution in [0.4, 0.5) is 0 Å². The van der Waals surface area contributed by atoms with Crippen LogP contribution in [0.2, 0.25) is 0 Å². The van der Waals surface area contributed by atoms with Crippen molar-refractivity contribution in [2.45, 2.75) is 26.2 Å². The Morgan fingerprint density at radius 1 is 1.53 bits per heavy atom. The fraction of sp³-hybridized carbons (Fsp3) is 0.500. The quantitative estimate of drug-likeness (QED) is 0.773. The molecular weight excluding hydrogens is 252 g/mol. The van der Waals surface area contributed by atoms with Crippen LogP contribution in [0.1, 0.15) is 24.6 Å². The molecule has 2 N–H and O–H groups in total. The molecule has 0 atom stereocenters. The summed E-state index contributed by atoms with van der Waals surface area (Å²) in [7, 11) is 0. The maximum Gasteiger partial charge on any atom is 0.227 e. The molecule has 0 aliphatic rings.